The van der Waals surface area contributed by atoms with Crippen LogP contribution < -0.4 is 15.8 Å². The van der Waals surface area contributed by atoms with Crippen molar-refractivity contribution in [2.75, 3.05) is 10.0 Å². The van der Waals surface area contributed by atoms with Crippen LogP contribution in [0.4, 0.5) is 29.3 Å². The molecule has 2 rings (SSSR count). The van der Waals surface area contributed by atoms with E-state index in [2.05, 4.69) is 10.0 Å². The summed E-state index contributed by atoms with van der Waals surface area (Å²) in [6.07, 6.45) is -4.80. The Morgan fingerprint density at radius 2 is 1.50 bits per heavy atom. The molecular formula is C14H12F3N3O3S. The maximum atomic E-state index is 12.9. The van der Waals surface area contributed by atoms with E-state index in [1.807, 2.05) is 0 Å². The zero-order valence-corrected chi connectivity index (χ0v) is 12.8. The fourth-order valence-corrected chi connectivity index (χ4v) is 3.20. The van der Waals surface area contributed by atoms with Gasteiger partial charge >= 0.3 is 12.2 Å². The number of carbonyl (C=O) groups excluding carboxylic acids is 1. The van der Waals surface area contributed by atoms with E-state index < -0.39 is 32.7 Å². The van der Waals surface area contributed by atoms with Crippen LogP contribution in [0.1, 0.15) is 5.56 Å². The summed E-state index contributed by atoms with van der Waals surface area (Å²) in [6, 6.07) is 8.30. The lowest BCUT2D eigenvalue weighted by molar-refractivity contribution is -0.139. The SMILES string of the molecule is NC(=O)Nc1ccc(NS(=O)(=O)c2ccccc2C(F)(F)F)cc1. The quantitative estimate of drug-likeness (QED) is 0.782. The highest BCUT2D eigenvalue weighted by Crippen LogP contribution is 2.34. The average Bonchev–Trinajstić information content (AvgIpc) is 2.48. The molecule has 0 fully saturated rings. The summed E-state index contributed by atoms with van der Waals surface area (Å²) in [4.78, 5) is 9.81. The predicted molar refractivity (Wildman–Crippen MR) is 81.9 cm³/mol. The third-order valence-corrected chi connectivity index (χ3v) is 4.33. The van der Waals surface area contributed by atoms with E-state index in [-0.39, 0.29) is 5.69 Å². The van der Waals surface area contributed by atoms with Crippen molar-refractivity contribution in [1.82, 2.24) is 0 Å². The molecule has 0 radical (unpaired) electrons. The number of amides is 2. The van der Waals surface area contributed by atoms with E-state index in [0.717, 1.165) is 12.1 Å². The number of alkyl halides is 3. The van der Waals surface area contributed by atoms with Gasteiger partial charge in [0.1, 0.15) is 0 Å². The molecule has 0 heterocycles. The first-order valence-corrected chi connectivity index (χ1v) is 7.93. The van der Waals surface area contributed by atoms with Crippen LogP contribution in [0.25, 0.3) is 0 Å². The van der Waals surface area contributed by atoms with E-state index >= 15 is 0 Å². The minimum absolute atomic E-state index is 0.0296. The Labute approximate surface area is 135 Å². The molecule has 6 nitrogen and oxygen atoms in total. The Morgan fingerprint density at radius 1 is 0.958 bits per heavy atom. The van der Waals surface area contributed by atoms with Gasteiger partial charge in [-0.05, 0) is 36.4 Å². The third-order valence-electron chi connectivity index (χ3n) is 2.89. The lowest BCUT2D eigenvalue weighted by atomic mass is 10.2. The smallest absolute Gasteiger partial charge is 0.351 e. The summed E-state index contributed by atoms with van der Waals surface area (Å²) in [7, 11) is -4.45. The number of rotatable bonds is 4. The lowest BCUT2D eigenvalue weighted by Gasteiger charge is -2.14. The van der Waals surface area contributed by atoms with Crippen LogP contribution in [0.15, 0.2) is 53.4 Å². The Balaban J connectivity index is 2.31. The van der Waals surface area contributed by atoms with Crippen LogP contribution >= 0.6 is 0 Å². The molecule has 0 aliphatic heterocycles. The van der Waals surface area contributed by atoms with Crippen molar-refractivity contribution in [2.45, 2.75) is 11.1 Å². The molecule has 10 heteroatoms. The average molecular weight is 359 g/mol. The van der Waals surface area contributed by atoms with Crippen LogP contribution in [0.2, 0.25) is 0 Å². The Kier molecular flexibility index (Phi) is 4.69. The monoisotopic (exact) mass is 359 g/mol. The van der Waals surface area contributed by atoms with Gasteiger partial charge in [-0.15, -0.1) is 0 Å². The molecule has 0 aliphatic carbocycles. The molecule has 0 unspecified atom stereocenters. The number of urea groups is 1. The van der Waals surface area contributed by atoms with Crippen molar-refractivity contribution < 1.29 is 26.4 Å². The predicted octanol–water partition coefficient (Wildman–Crippen LogP) is 3.00. The van der Waals surface area contributed by atoms with Crippen LogP contribution in [-0.2, 0) is 16.2 Å². The second-order valence-corrected chi connectivity index (χ2v) is 6.32. The van der Waals surface area contributed by atoms with E-state index in [4.69, 9.17) is 5.73 Å². The minimum atomic E-state index is -4.80. The van der Waals surface area contributed by atoms with Gasteiger partial charge in [-0.3, -0.25) is 4.72 Å². The van der Waals surface area contributed by atoms with E-state index in [0.29, 0.717) is 11.8 Å². The topological polar surface area (TPSA) is 101 Å². The number of carbonyl (C=O) groups is 1. The standard InChI is InChI=1S/C14H12F3N3O3S/c15-14(16,17)11-3-1-2-4-12(11)24(22,23)20-10-7-5-9(6-8-10)19-13(18)21/h1-8,20H,(H3,18,19,21). The number of benzene rings is 2. The van der Waals surface area contributed by atoms with E-state index in [1.165, 1.54) is 30.3 Å². The van der Waals surface area contributed by atoms with Gasteiger partial charge in [0.15, 0.2) is 0 Å². The normalized spacial score (nSPS) is 11.8. The van der Waals surface area contributed by atoms with Gasteiger partial charge in [-0.25, -0.2) is 13.2 Å². The molecule has 0 aromatic heterocycles. The molecule has 0 bridgehead atoms. The van der Waals surface area contributed by atoms with Gasteiger partial charge in [-0.2, -0.15) is 13.2 Å². The van der Waals surface area contributed by atoms with E-state index in [9.17, 15) is 26.4 Å². The number of hydrogen-bond donors (Lipinski definition) is 3. The number of hydrogen-bond acceptors (Lipinski definition) is 3. The maximum absolute atomic E-state index is 12.9. The zero-order valence-electron chi connectivity index (χ0n) is 12.0. The summed E-state index contributed by atoms with van der Waals surface area (Å²) in [5.74, 6) is 0. The van der Waals surface area contributed by atoms with Crippen molar-refractivity contribution in [3.05, 3.63) is 54.1 Å². The first kappa shape index (κ1) is 17.6. The Bertz CT molecular complexity index is 850. The molecule has 4 N–H and O–H groups in total. The molecule has 0 atom stereocenters. The first-order valence-electron chi connectivity index (χ1n) is 6.45. The molecule has 2 amide bonds. The zero-order chi connectivity index (χ0) is 18.0. The molecule has 0 saturated heterocycles. The first-order chi connectivity index (χ1) is 11.1. The number of halogens is 3. The van der Waals surface area contributed by atoms with Crippen LogP contribution in [-0.4, -0.2) is 14.4 Å². The summed E-state index contributed by atoms with van der Waals surface area (Å²) >= 11 is 0. The summed E-state index contributed by atoms with van der Waals surface area (Å²) in [6.45, 7) is 0. The van der Waals surface area contributed by atoms with Crippen LogP contribution in [0, 0.1) is 0 Å². The van der Waals surface area contributed by atoms with Crippen molar-refractivity contribution in [3.8, 4) is 0 Å². The van der Waals surface area contributed by atoms with Crippen molar-refractivity contribution >= 4 is 27.4 Å². The molecule has 2 aromatic carbocycles. The number of nitrogens with two attached hydrogens (primary N) is 1. The molecule has 0 spiro atoms. The van der Waals surface area contributed by atoms with Gasteiger partial charge in [0.05, 0.1) is 10.5 Å². The molecule has 0 saturated carbocycles. The molecular weight excluding hydrogens is 347 g/mol. The maximum Gasteiger partial charge on any atom is 0.417 e. The second-order valence-electron chi connectivity index (χ2n) is 4.67. The van der Waals surface area contributed by atoms with E-state index in [1.54, 1.807) is 0 Å². The fraction of sp³-hybridized carbons (Fsp3) is 0.0714. The highest BCUT2D eigenvalue weighted by molar-refractivity contribution is 7.92. The molecule has 2 aromatic rings. The lowest BCUT2D eigenvalue weighted by Crippen LogP contribution is -2.20. The molecule has 128 valence electrons. The fourth-order valence-electron chi connectivity index (χ4n) is 1.91. The number of nitrogens with one attached hydrogen (secondary N) is 2. The minimum Gasteiger partial charge on any atom is -0.351 e. The second kappa shape index (κ2) is 6.40. The third kappa shape index (κ3) is 4.16. The number of sulfonamides is 1. The Morgan fingerprint density at radius 3 is 2.04 bits per heavy atom. The summed E-state index contributed by atoms with van der Waals surface area (Å²) in [5, 5.41) is 2.27. The van der Waals surface area contributed by atoms with Gasteiger partial charge in [0, 0.05) is 11.4 Å². The van der Waals surface area contributed by atoms with Gasteiger partial charge in [0.2, 0.25) is 0 Å². The van der Waals surface area contributed by atoms with Crippen LogP contribution in [0.3, 0.4) is 0 Å². The summed E-state index contributed by atoms with van der Waals surface area (Å²) in [5.41, 5.74) is 4.01. The highest BCUT2D eigenvalue weighted by Gasteiger charge is 2.36. The van der Waals surface area contributed by atoms with Crippen molar-refractivity contribution in [3.63, 3.8) is 0 Å². The van der Waals surface area contributed by atoms with Gasteiger partial charge in [0.25, 0.3) is 10.0 Å². The Hall–Kier alpha value is -2.75. The van der Waals surface area contributed by atoms with Gasteiger partial charge in [-0.1, -0.05) is 12.1 Å². The van der Waals surface area contributed by atoms with Crippen molar-refractivity contribution in [1.29, 1.82) is 0 Å². The number of anilines is 2. The molecule has 24 heavy (non-hydrogen) atoms. The van der Waals surface area contributed by atoms with Gasteiger partial charge < -0.3 is 11.1 Å². The number of primary amides is 1. The largest absolute Gasteiger partial charge is 0.417 e. The van der Waals surface area contributed by atoms with Crippen LogP contribution in [0.5, 0.6) is 0 Å². The highest BCUT2D eigenvalue weighted by atomic mass is 32.2. The van der Waals surface area contributed by atoms with Crippen molar-refractivity contribution in [2.24, 2.45) is 5.73 Å². The molecule has 0 aliphatic rings. The summed E-state index contributed by atoms with van der Waals surface area (Å²) < 4.78 is 65.4.